The molecule has 5 heteroatoms. The molecule has 0 fully saturated rings. The van der Waals surface area contributed by atoms with Gasteiger partial charge in [0, 0.05) is 11.3 Å². The summed E-state index contributed by atoms with van der Waals surface area (Å²) >= 11 is 7.45. The van der Waals surface area contributed by atoms with Crippen LogP contribution in [0.3, 0.4) is 0 Å². The Morgan fingerprint density at radius 3 is 2.45 bits per heavy atom. The number of hydrogen-bond donors (Lipinski definition) is 1. The number of halogens is 1. The van der Waals surface area contributed by atoms with Gasteiger partial charge < -0.3 is 14.6 Å². The number of benzene rings is 1. The molecule has 0 saturated carbocycles. The van der Waals surface area contributed by atoms with Crippen molar-refractivity contribution in [2.24, 2.45) is 0 Å². The fraction of sp³-hybridized carbons (Fsp3) is 0.333. The largest absolute Gasteiger partial charge is 0.493 e. The molecule has 0 spiro atoms. The summed E-state index contributed by atoms with van der Waals surface area (Å²) in [6.45, 7) is 1.94. The van der Waals surface area contributed by atoms with E-state index >= 15 is 0 Å². The summed E-state index contributed by atoms with van der Waals surface area (Å²) in [5, 5.41) is 10.3. The highest BCUT2D eigenvalue weighted by Crippen LogP contribution is 2.34. The van der Waals surface area contributed by atoms with Crippen molar-refractivity contribution in [3.05, 3.63) is 44.6 Å². The van der Waals surface area contributed by atoms with E-state index in [9.17, 15) is 5.11 Å². The van der Waals surface area contributed by atoms with Crippen LogP contribution in [0.2, 0.25) is 4.34 Å². The van der Waals surface area contributed by atoms with Crippen molar-refractivity contribution in [1.29, 1.82) is 0 Å². The van der Waals surface area contributed by atoms with E-state index in [1.807, 2.05) is 31.2 Å². The summed E-state index contributed by atoms with van der Waals surface area (Å²) < 4.78 is 11.2. The first-order valence-corrected chi connectivity index (χ1v) is 7.39. The van der Waals surface area contributed by atoms with Crippen molar-refractivity contribution in [3.63, 3.8) is 0 Å². The topological polar surface area (TPSA) is 38.7 Å². The number of thiophene rings is 1. The molecule has 1 heterocycles. The molecule has 0 aliphatic carbocycles. The molecule has 1 unspecified atom stereocenters. The molecule has 0 aliphatic heterocycles. The van der Waals surface area contributed by atoms with Gasteiger partial charge >= 0.3 is 0 Å². The second-order valence-electron chi connectivity index (χ2n) is 4.51. The van der Waals surface area contributed by atoms with Gasteiger partial charge in [0.15, 0.2) is 11.5 Å². The van der Waals surface area contributed by atoms with E-state index in [0.717, 1.165) is 20.3 Å². The predicted octanol–water partition coefficient (Wildman–Crippen LogP) is 4.00. The van der Waals surface area contributed by atoms with E-state index in [-0.39, 0.29) is 0 Å². The van der Waals surface area contributed by atoms with Gasteiger partial charge in [-0.25, -0.2) is 0 Å². The Balaban J connectivity index is 2.17. The van der Waals surface area contributed by atoms with E-state index in [1.54, 1.807) is 14.2 Å². The minimum atomic E-state index is -0.565. The van der Waals surface area contributed by atoms with Crippen LogP contribution >= 0.6 is 22.9 Å². The number of aliphatic hydroxyl groups excluding tert-OH is 1. The highest BCUT2D eigenvalue weighted by Gasteiger charge is 2.14. The smallest absolute Gasteiger partial charge is 0.160 e. The molecule has 1 aromatic heterocycles. The Labute approximate surface area is 127 Å². The molecule has 2 rings (SSSR count). The Kier molecular flexibility index (Phi) is 4.91. The first kappa shape index (κ1) is 15.2. The zero-order valence-electron chi connectivity index (χ0n) is 11.6. The van der Waals surface area contributed by atoms with Gasteiger partial charge in [-0.05, 0) is 36.2 Å². The van der Waals surface area contributed by atoms with Crippen molar-refractivity contribution in [3.8, 4) is 11.5 Å². The molecule has 3 nitrogen and oxygen atoms in total. The lowest BCUT2D eigenvalue weighted by Gasteiger charge is -2.12. The van der Waals surface area contributed by atoms with Gasteiger partial charge in [0.25, 0.3) is 0 Å². The molecular weight excluding hydrogens is 296 g/mol. The van der Waals surface area contributed by atoms with Crippen molar-refractivity contribution in [1.82, 2.24) is 0 Å². The van der Waals surface area contributed by atoms with Crippen LogP contribution in [-0.4, -0.2) is 19.3 Å². The molecule has 1 aromatic carbocycles. The van der Waals surface area contributed by atoms with Crippen LogP contribution in [0.15, 0.2) is 24.3 Å². The zero-order chi connectivity index (χ0) is 14.7. The van der Waals surface area contributed by atoms with E-state index in [0.29, 0.717) is 17.9 Å². The number of methoxy groups -OCH3 is 2. The Bertz CT molecular complexity index is 575. The second-order valence-corrected chi connectivity index (χ2v) is 6.20. The maximum Gasteiger partial charge on any atom is 0.160 e. The van der Waals surface area contributed by atoms with Crippen LogP contribution in [0.4, 0.5) is 0 Å². The first-order chi connectivity index (χ1) is 9.55. The monoisotopic (exact) mass is 312 g/mol. The number of aliphatic hydroxyl groups is 1. The molecule has 20 heavy (non-hydrogen) atoms. The van der Waals surface area contributed by atoms with Crippen LogP contribution in [0.25, 0.3) is 0 Å². The summed E-state index contributed by atoms with van der Waals surface area (Å²) in [5.41, 5.74) is 1.98. The van der Waals surface area contributed by atoms with Gasteiger partial charge in [0.2, 0.25) is 0 Å². The molecule has 108 valence electrons. The fourth-order valence-electron chi connectivity index (χ4n) is 1.98. The summed E-state index contributed by atoms with van der Waals surface area (Å²) in [4.78, 5) is 0.877. The minimum absolute atomic E-state index is 0.511. The van der Waals surface area contributed by atoms with E-state index in [1.165, 1.54) is 11.3 Å². The molecule has 0 aliphatic rings. The molecule has 0 amide bonds. The summed E-state index contributed by atoms with van der Waals surface area (Å²) in [7, 11) is 3.20. The lowest BCUT2D eigenvalue weighted by atomic mass is 10.1. The van der Waals surface area contributed by atoms with E-state index < -0.39 is 6.10 Å². The Morgan fingerprint density at radius 1 is 1.20 bits per heavy atom. The molecule has 2 aromatic rings. The third kappa shape index (κ3) is 3.26. The fourth-order valence-corrected chi connectivity index (χ4v) is 3.18. The summed E-state index contributed by atoms with van der Waals surface area (Å²) in [6.07, 6.45) is -0.0549. The normalized spacial score (nSPS) is 12.2. The van der Waals surface area contributed by atoms with Gasteiger partial charge in [0.05, 0.1) is 24.7 Å². The van der Waals surface area contributed by atoms with Crippen LogP contribution in [-0.2, 0) is 6.42 Å². The van der Waals surface area contributed by atoms with Gasteiger partial charge in [0.1, 0.15) is 0 Å². The number of aryl methyl sites for hydroxylation is 1. The minimum Gasteiger partial charge on any atom is -0.493 e. The molecule has 0 saturated heterocycles. The zero-order valence-corrected chi connectivity index (χ0v) is 13.2. The van der Waals surface area contributed by atoms with E-state index in [4.69, 9.17) is 21.1 Å². The number of hydrogen-bond acceptors (Lipinski definition) is 4. The van der Waals surface area contributed by atoms with Crippen molar-refractivity contribution < 1.29 is 14.6 Å². The number of rotatable bonds is 5. The summed E-state index contributed by atoms with van der Waals surface area (Å²) in [5.74, 6) is 1.35. The van der Waals surface area contributed by atoms with Crippen molar-refractivity contribution in [2.45, 2.75) is 19.4 Å². The number of ether oxygens (including phenoxy) is 2. The van der Waals surface area contributed by atoms with Gasteiger partial charge in [-0.1, -0.05) is 17.7 Å². The van der Waals surface area contributed by atoms with Gasteiger partial charge in [-0.15, -0.1) is 11.3 Å². The first-order valence-electron chi connectivity index (χ1n) is 6.20. The second kappa shape index (κ2) is 6.48. The average Bonchev–Trinajstić information content (AvgIpc) is 2.78. The van der Waals surface area contributed by atoms with Gasteiger partial charge in [-0.3, -0.25) is 0 Å². The predicted molar refractivity (Wildman–Crippen MR) is 82.3 cm³/mol. The Hall–Kier alpha value is -1.23. The molecule has 0 bridgehead atoms. The Morgan fingerprint density at radius 2 is 1.90 bits per heavy atom. The summed E-state index contributed by atoms with van der Waals surface area (Å²) in [6, 6.07) is 7.57. The van der Waals surface area contributed by atoms with Crippen LogP contribution in [0.5, 0.6) is 11.5 Å². The molecule has 0 radical (unpaired) electrons. The third-order valence-electron chi connectivity index (χ3n) is 3.08. The molecule has 1 atom stereocenters. The third-order valence-corrected chi connectivity index (χ3v) is 4.74. The highest BCUT2D eigenvalue weighted by atomic mass is 35.5. The highest BCUT2D eigenvalue weighted by molar-refractivity contribution is 7.16. The lowest BCUT2D eigenvalue weighted by Crippen LogP contribution is -2.00. The van der Waals surface area contributed by atoms with Gasteiger partial charge in [-0.2, -0.15) is 0 Å². The lowest BCUT2D eigenvalue weighted by molar-refractivity contribution is 0.182. The van der Waals surface area contributed by atoms with E-state index in [2.05, 4.69) is 0 Å². The SMILES string of the molecule is COc1ccc(CC(O)c2cc(C)c(Cl)s2)cc1OC. The quantitative estimate of drug-likeness (QED) is 0.907. The maximum absolute atomic E-state index is 10.3. The maximum atomic E-state index is 10.3. The van der Waals surface area contributed by atoms with Crippen LogP contribution < -0.4 is 9.47 Å². The van der Waals surface area contributed by atoms with Crippen molar-refractivity contribution >= 4 is 22.9 Å². The van der Waals surface area contributed by atoms with Crippen LogP contribution in [0.1, 0.15) is 22.1 Å². The van der Waals surface area contributed by atoms with Crippen LogP contribution in [0, 0.1) is 6.92 Å². The molecule has 1 N–H and O–H groups in total. The average molecular weight is 313 g/mol. The van der Waals surface area contributed by atoms with Crippen molar-refractivity contribution in [2.75, 3.05) is 14.2 Å². The molecular formula is C15H17ClO3S. The standard InChI is InChI=1S/C15H17ClO3S/c1-9-6-14(20-15(9)16)11(17)7-10-4-5-12(18-2)13(8-10)19-3/h4-6,8,11,17H,7H2,1-3H3.